The van der Waals surface area contributed by atoms with Gasteiger partial charge in [-0.2, -0.15) is 13.2 Å². The Morgan fingerprint density at radius 3 is 1.82 bits per heavy atom. The van der Waals surface area contributed by atoms with Gasteiger partial charge < -0.3 is 18.5 Å². The van der Waals surface area contributed by atoms with Gasteiger partial charge in [0.15, 0.2) is 0 Å². The van der Waals surface area contributed by atoms with Crippen LogP contribution in [0.3, 0.4) is 0 Å². The lowest BCUT2D eigenvalue weighted by Crippen LogP contribution is -2.51. The number of ether oxygens (including phenoxy) is 2. The number of hydrogen-bond acceptors (Lipinski definition) is 10. The Kier molecular flexibility index (Phi) is 14.5. The second-order valence-corrected chi connectivity index (χ2v) is 16.1. The topological polar surface area (TPSA) is 135 Å². The molecule has 326 valence electrons. The zero-order chi connectivity index (χ0) is 43.8. The van der Waals surface area contributed by atoms with Gasteiger partial charge in [0, 0.05) is 62.0 Å². The largest absolute Gasteiger partial charge is 0.494 e. The van der Waals surface area contributed by atoms with Crippen molar-refractivity contribution in [2.45, 2.75) is 73.8 Å². The lowest BCUT2D eigenvalue weighted by Gasteiger charge is -2.38. The fourth-order valence-corrected chi connectivity index (χ4v) is 6.57. The second kappa shape index (κ2) is 19.8. The van der Waals surface area contributed by atoms with Gasteiger partial charge >= 0.3 is 6.18 Å². The highest BCUT2D eigenvalue weighted by molar-refractivity contribution is 5.93. The van der Waals surface area contributed by atoms with Crippen LogP contribution in [0, 0.1) is 51.3 Å². The quantitative estimate of drug-likeness (QED) is 0.0984. The van der Waals surface area contributed by atoms with E-state index in [4.69, 9.17) is 18.5 Å². The highest BCUT2D eigenvalue weighted by atomic mass is 19.4. The van der Waals surface area contributed by atoms with E-state index in [0.717, 1.165) is 67.4 Å². The van der Waals surface area contributed by atoms with Gasteiger partial charge in [-0.15, -0.1) is 0 Å². The molecule has 61 heavy (non-hydrogen) atoms. The molecular formula is C45H52F4N6O6. The van der Waals surface area contributed by atoms with Crippen LogP contribution in [0.1, 0.15) is 65.0 Å². The molecule has 7 rings (SSSR count). The van der Waals surface area contributed by atoms with E-state index in [9.17, 15) is 27.2 Å². The summed E-state index contributed by atoms with van der Waals surface area (Å²) < 4.78 is 74.5. The number of alkyl halides is 3. The number of anilines is 2. The lowest BCUT2D eigenvalue weighted by molar-refractivity contribution is -0.137. The first-order chi connectivity index (χ1) is 29.0. The second-order valence-electron chi connectivity index (χ2n) is 16.1. The van der Waals surface area contributed by atoms with Crippen LogP contribution in [0.5, 0.6) is 11.5 Å². The Bertz CT molecular complexity index is 2260. The zero-order valence-corrected chi connectivity index (χ0v) is 35.2. The number of aryl methyl sites for hydroxylation is 2. The van der Waals surface area contributed by atoms with Gasteiger partial charge in [-0.25, -0.2) is 4.39 Å². The van der Waals surface area contributed by atoms with Crippen molar-refractivity contribution in [3.8, 4) is 11.5 Å². The van der Waals surface area contributed by atoms with E-state index in [1.165, 1.54) is 23.8 Å². The molecule has 2 saturated heterocycles. The average Bonchev–Trinajstić information content (AvgIpc) is 3.67. The van der Waals surface area contributed by atoms with Gasteiger partial charge in [0.1, 0.15) is 23.9 Å². The number of carbonyl (C=O) groups is 2. The van der Waals surface area contributed by atoms with E-state index in [0.29, 0.717) is 54.1 Å². The summed E-state index contributed by atoms with van der Waals surface area (Å²) in [6.45, 7) is 16.0. The van der Waals surface area contributed by atoms with Crippen molar-refractivity contribution >= 4 is 23.6 Å². The third-order valence-electron chi connectivity index (χ3n) is 10.8. The molecule has 2 aliphatic heterocycles. The van der Waals surface area contributed by atoms with Crippen LogP contribution in [0.15, 0.2) is 75.8 Å². The van der Waals surface area contributed by atoms with Gasteiger partial charge in [0.2, 0.25) is 23.6 Å². The number of halogens is 4. The maximum Gasteiger partial charge on any atom is 0.416 e. The molecule has 0 radical (unpaired) electrons. The molecule has 0 saturated carbocycles. The molecule has 16 heteroatoms. The van der Waals surface area contributed by atoms with Crippen LogP contribution in [-0.2, 0) is 35.5 Å². The van der Waals surface area contributed by atoms with Crippen molar-refractivity contribution in [2.24, 2.45) is 17.8 Å². The highest BCUT2D eigenvalue weighted by Gasteiger charge is 2.35. The van der Waals surface area contributed by atoms with Crippen LogP contribution >= 0.6 is 0 Å². The summed E-state index contributed by atoms with van der Waals surface area (Å²) in [5.41, 5.74) is 4.42. The first kappa shape index (κ1) is 44.8. The minimum Gasteiger partial charge on any atom is -0.494 e. The monoisotopic (exact) mass is 848 g/mol. The molecular weight excluding hydrogens is 797 g/mol. The van der Waals surface area contributed by atoms with Crippen molar-refractivity contribution in [2.75, 3.05) is 43.4 Å². The number of nitrogens with zero attached hydrogens (tertiary/aromatic N) is 4. The molecule has 0 bridgehead atoms. The third-order valence-corrected chi connectivity index (χ3v) is 10.8. The van der Waals surface area contributed by atoms with Gasteiger partial charge in [0.25, 0.3) is 0 Å². The summed E-state index contributed by atoms with van der Waals surface area (Å²) in [5, 5.41) is 13.2. The van der Waals surface area contributed by atoms with Gasteiger partial charge in [-0.05, 0) is 81.5 Å². The van der Waals surface area contributed by atoms with Crippen molar-refractivity contribution in [3.05, 3.63) is 117 Å². The molecule has 2 aromatic heterocycles. The van der Waals surface area contributed by atoms with Crippen LogP contribution < -0.4 is 20.1 Å². The number of rotatable bonds is 15. The van der Waals surface area contributed by atoms with E-state index in [2.05, 4.69) is 51.8 Å². The van der Waals surface area contributed by atoms with Crippen LogP contribution in [0.25, 0.3) is 0 Å². The molecule has 4 heterocycles. The molecule has 0 unspecified atom stereocenters. The van der Waals surface area contributed by atoms with E-state index in [1.54, 1.807) is 19.1 Å². The minimum absolute atomic E-state index is 0.000555. The summed E-state index contributed by atoms with van der Waals surface area (Å²) in [5.74, 6) is 1.69. The molecule has 2 fully saturated rings. The Hall–Kier alpha value is -5.74. The smallest absolute Gasteiger partial charge is 0.416 e. The van der Waals surface area contributed by atoms with Gasteiger partial charge in [-0.3, -0.25) is 30.0 Å². The number of amides is 2. The fraction of sp³-hybridized carbons (Fsp3) is 0.422. The normalized spacial score (nSPS) is 14.8. The first-order valence-electron chi connectivity index (χ1n) is 20.2. The molecule has 0 aliphatic carbocycles. The Morgan fingerprint density at radius 2 is 1.31 bits per heavy atom. The molecule has 2 amide bonds. The predicted octanol–water partition coefficient (Wildman–Crippen LogP) is 8.89. The summed E-state index contributed by atoms with van der Waals surface area (Å²) in [4.78, 5) is 28.9. The molecule has 2 N–H and O–H groups in total. The Morgan fingerprint density at radius 1 is 0.754 bits per heavy atom. The average molecular weight is 849 g/mol. The molecule has 0 atom stereocenters. The number of benzene rings is 3. The SMILES string of the molecule is Cc1noc(NC(=O)C2CN(Cc3ccc(OCCC(C)C)cc3)C2)c1C.Cc1noc(NC(=O)C2CN(Cc3ccc(OCc4cccc(C(F)(F)F)c4)cc3F)C2)c1C. The Balaban J connectivity index is 0.000000210. The van der Waals surface area contributed by atoms with E-state index in [-0.39, 0.29) is 36.0 Å². The minimum atomic E-state index is -4.44. The van der Waals surface area contributed by atoms with E-state index in [1.807, 2.05) is 37.8 Å². The maximum atomic E-state index is 14.6. The van der Waals surface area contributed by atoms with Crippen molar-refractivity contribution in [1.29, 1.82) is 0 Å². The van der Waals surface area contributed by atoms with Crippen molar-refractivity contribution in [3.63, 3.8) is 0 Å². The highest BCUT2D eigenvalue weighted by Crippen LogP contribution is 2.31. The molecule has 0 spiro atoms. The lowest BCUT2D eigenvalue weighted by atomic mass is 9.98. The molecule has 12 nitrogen and oxygen atoms in total. The number of carbonyl (C=O) groups excluding carboxylic acids is 2. The summed E-state index contributed by atoms with van der Waals surface area (Å²) in [6.07, 6.45) is -3.37. The molecule has 2 aliphatic rings. The summed E-state index contributed by atoms with van der Waals surface area (Å²) in [7, 11) is 0. The number of likely N-dealkylation sites (tertiary alicyclic amines) is 2. The van der Waals surface area contributed by atoms with Crippen molar-refractivity contribution < 1.29 is 45.7 Å². The van der Waals surface area contributed by atoms with Crippen LogP contribution in [-0.4, -0.2) is 64.7 Å². The standard InChI is InChI=1S/C24H23F4N3O3.C21H29N3O3/c1-14-15(2)30-34-23(14)29-22(32)18-11-31(12-18)10-17-6-7-20(9-21(17)25)33-13-16-4-3-5-19(8-16)24(26,27)28;1-14(2)9-10-26-19-7-5-17(6-8-19)11-24-12-18(13-24)20(25)22-21-15(3)16(4)23-27-21/h3-9,18H,10-13H2,1-2H3,(H,29,32);5-8,14,18H,9-13H2,1-4H3,(H,22,25). The first-order valence-corrected chi connectivity index (χ1v) is 20.2. The Labute approximate surface area is 352 Å². The number of hydrogen-bond donors (Lipinski definition) is 2. The van der Waals surface area contributed by atoms with Crippen LogP contribution in [0.2, 0.25) is 0 Å². The van der Waals surface area contributed by atoms with Crippen molar-refractivity contribution in [1.82, 2.24) is 20.1 Å². The zero-order valence-electron chi connectivity index (χ0n) is 35.2. The number of nitrogens with one attached hydrogen (secondary N) is 2. The van der Waals surface area contributed by atoms with E-state index >= 15 is 0 Å². The third kappa shape index (κ3) is 12.2. The molecule has 5 aromatic rings. The fourth-order valence-electron chi connectivity index (χ4n) is 6.57. The van der Waals surface area contributed by atoms with Crippen LogP contribution in [0.4, 0.5) is 29.3 Å². The van der Waals surface area contributed by atoms with E-state index < -0.39 is 17.6 Å². The predicted molar refractivity (Wildman–Crippen MR) is 220 cm³/mol. The summed E-state index contributed by atoms with van der Waals surface area (Å²) >= 11 is 0. The summed E-state index contributed by atoms with van der Waals surface area (Å²) in [6, 6.07) is 17.4. The maximum absolute atomic E-state index is 14.6. The number of aromatic nitrogens is 2. The van der Waals surface area contributed by atoms with Gasteiger partial charge in [0.05, 0.1) is 35.4 Å². The van der Waals surface area contributed by atoms with Gasteiger partial charge in [-0.1, -0.05) is 54.5 Å². The molecule has 3 aromatic carbocycles.